The molecule has 0 aliphatic carbocycles. The zero-order valence-electron chi connectivity index (χ0n) is 11.7. The Kier molecular flexibility index (Phi) is 6.16. The van der Waals surface area contributed by atoms with Gasteiger partial charge in [0.25, 0.3) is 0 Å². The van der Waals surface area contributed by atoms with E-state index in [0.717, 1.165) is 24.1 Å². The molecule has 0 atom stereocenters. The van der Waals surface area contributed by atoms with Crippen molar-refractivity contribution in [2.24, 2.45) is 4.99 Å². The van der Waals surface area contributed by atoms with E-state index in [1.54, 1.807) is 24.4 Å². The van der Waals surface area contributed by atoms with Crippen LogP contribution in [-0.4, -0.2) is 24.8 Å². The molecule has 0 N–H and O–H groups in total. The maximum absolute atomic E-state index is 10.8. The maximum Gasteiger partial charge on any atom is 0.310 e. The van der Waals surface area contributed by atoms with Gasteiger partial charge >= 0.3 is 5.69 Å². The zero-order valence-corrected chi connectivity index (χ0v) is 11.7. The monoisotopic (exact) mass is 274 g/mol. The van der Waals surface area contributed by atoms with Crippen molar-refractivity contribution in [3.05, 3.63) is 52.6 Å². The number of rotatable bonds is 7. The molecule has 5 heteroatoms. The number of benzene rings is 1. The lowest BCUT2D eigenvalue weighted by Crippen LogP contribution is -1.95. The molecule has 0 spiro atoms. The van der Waals surface area contributed by atoms with Crippen LogP contribution in [0.2, 0.25) is 0 Å². The van der Waals surface area contributed by atoms with Gasteiger partial charge in [0.2, 0.25) is 0 Å². The Hall–Kier alpha value is -2.43. The number of allylic oxidation sites excluding steroid dienone is 3. The molecule has 0 fully saturated rings. The van der Waals surface area contributed by atoms with Crippen LogP contribution < -0.4 is 4.74 Å². The third kappa shape index (κ3) is 4.05. The predicted molar refractivity (Wildman–Crippen MR) is 81.5 cm³/mol. The average molecular weight is 274 g/mol. The SMILES string of the molecule is C=C/C(=C\C=NCCC)c1ccc([N+](=O)[O-])c(OC)c1. The summed E-state index contributed by atoms with van der Waals surface area (Å²) in [5.41, 5.74) is 1.57. The first-order valence-electron chi connectivity index (χ1n) is 6.29. The lowest BCUT2D eigenvalue weighted by atomic mass is 10.0. The Morgan fingerprint density at radius 3 is 2.85 bits per heavy atom. The molecule has 0 radical (unpaired) electrons. The molecule has 0 amide bonds. The van der Waals surface area contributed by atoms with E-state index in [1.807, 2.05) is 6.08 Å². The van der Waals surface area contributed by atoms with Gasteiger partial charge in [0.1, 0.15) is 0 Å². The third-order valence-corrected chi connectivity index (χ3v) is 2.64. The summed E-state index contributed by atoms with van der Waals surface area (Å²) in [6, 6.07) is 4.72. The van der Waals surface area contributed by atoms with Gasteiger partial charge in [-0.05, 0) is 35.8 Å². The second kappa shape index (κ2) is 7.89. The number of methoxy groups -OCH3 is 1. The summed E-state index contributed by atoms with van der Waals surface area (Å²) >= 11 is 0. The number of hydrogen-bond donors (Lipinski definition) is 0. The molecule has 5 nitrogen and oxygen atoms in total. The fourth-order valence-electron chi connectivity index (χ4n) is 1.63. The Bertz CT molecular complexity index is 548. The lowest BCUT2D eigenvalue weighted by molar-refractivity contribution is -0.385. The standard InChI is InChI=1S/C15H18N2O3/c1-4-9-16-10-8-12(5-2)13-6-7-14(17(18)19)15(11-13)20-3/h5-8,10-11H,2,4,9H2,1,3H3/b12-8+,16-10?. The first kappa shape index (κ1) is 15.6. The van der Waals surface area contributed by atoms with E-state index in [2.05, 4.69) is 18.5 Å². The smallest absolute Gasteiger partial charge is 0.310 e. The van der Waals surface area contributed by atoms with Gasteiger partial charge in [-0.1, -0.05) is 19.6 Å². The quantitative estimate of drug-likeness (QED) is 0.330. The van der Waals surface area contributed by atoms with Gasteiger partial charge < -0.3 is 4.74 Å². The van der Waals surface area contributed by atoms with Crippen LogP contribution in [0.25, 0.3) is 5.57 Å². The molecule has 0 aliphatic rings. The fraction of sp³-hybridized carbons (Fsp3) is 0.267. The minimum Gasteiger partial charge on any atom is -0.490 e. The van der Waals surface area contributed by atoms with Crippen LogP contribution in [-0.2, 0) is 0 Å². The van der Waals surface area contributed by atoms with Crippen molar-refractivity contribution in [2.45, 2.75) is 13.3 Å². The molecular weight excluding hydrogens is 256 g/mol. The van der Waals surface area contributed by atoms with Crippen molar-refractivity contribution in [1.82, 2.24) is 0 Å². The van der Waals surface area contributed by atoms with Gasteiger partial charge in [-0.3, -0.25) is 15.1 Å². The molecule has 1 aromatic rings. The topological polar surface area (TPSA) is 64.7 Å². The Labute approximate surface area is 118 Å². The van der Waals surface area contributed by atoms with Crippen LogP contribution in [0.1, 0.15) is 18.9 Å². The molecule has 0 bridgehead atoms. The summed E-state index contributed by atoms with van der Waals surface area (Å²) in [5, 5.41) is 10.8. The number of nitro groups is 1. The van der Waals surface area contributed by atoms with E-state index >= 15 is 0 Å². The molecule has 0 heterocycles. The van der Waals surface area contributed by atoms with E-state index in [1.165, 1.54) is 13.2 Å². The first-order chi connectivity index (χ1) is 9.63. The summed E-state index contributed by atoms with van der Waals surface area (Å²) in [4.78, 5) is 14.6. The molecule has 1 rings (SSSR count). The Balaban J connectivity index is 3.11. The van der Waals surface area contributed by atoms with Gasteiger partial charge in [0, 0.05) is 18.8 Å². The molecule has 0 unspecified atom stereocenters. The largest absolute Gasteiger partial charge is 0.490 e. The van der Waals surface area contributed by atoms with Gasteiger partial charge in [0.05, 0.1) is 12.0 Å². The van der Waals surface area contributed by atoms with Gasteiger partial charge in [-0.25, -0.2) is 0 Å². The molecule has 1 aromatic carbocycles. The maximum atomic E-state index is 10.8. The molecule has 0 saturated heterocycles. The fourth-order valence-corrected chi connectivity index (χ4v) is 1.63. The van der Waals surface area contributed by atoms with Crippen molar-refractivity contribution in [1.29, 1.82) is 0 Å². The Morgan fingerprint density at radius 1 is 1.55 bits per heavy atom. The molecule has 106 valence electrons. The van der Waals surface area contributed by atoms with E-state index < -0.39 is 4.92 Å². The minimum absolute atomic E-state index is 0.0562. The summed E-state index contributed by atoms with van der Waals surface area (Å²) < 4.78 is 5.05. The van der Waals surface area contributed by atoms with Gasteiger partial charge in [-0.15, -0.1) is 0 Å². The normalized spacial score (nSPS) is 11.6. The summed E-state index contributed by atoms with van der Waals surface area (Å²) in [5.74, 6) is 0.228. The van der Waals surface area contributed by atoms with E-state index in [-0.39, 0.29) is 11.4 Å². The number of hydrogen-bond acceptors (Lipinski definition) is 4. The summed E-state index contributed by atoms with van der Waals surface area (Å²) in [6.45, 7) is 6.57. The number of ether oxygens (including phenoxy) is 1. The van der Waals surface area contributed by atoms with Crippen LogP contribution in [0.3, 0.4) is 0 Å². The second-order valence-corrected chi connectivity index (χ2v) is 4.03. The third-order valence-electron chi connectivity index (χ3n) is 2.64. The molecule has 0 aliphatic heterocycles. The van der Waals surface area contributed by atoms with Crippen LogP contribution in [0.15, 0.2) is 41.9 Å². The van der Waals surface area contributed by atoms with Crippen molar-refractivity contribution in [3.63, 3.8) is 0 Å². The Morgan fingerprint density at radius 2 is 2.30 bits per heavy atom. The number of nitro benzene ring substituents is 1. The van der Waals surface area contributed by atoms with Crippen molar-refractivity contribution in [2.75, 3.05) is 13.7 Å². The van der Waals surface area contributed by atoms with Gasteiger partial charge in [0.15, 0.2) is 5.75 Å². The van der Waals surface area contributed by atoms with E-state index in [4.69, 9.17) is 4.74 Å². The number of nitrogens with zero attached hydrogens (tertiary/aromatic N) is 2. The highest BCUT2D eigenvalue weighted by atomic mass is 16.6. The highest BCUT2D eigenvalue weighted by molar-refractivity contribution is 5.88. The zero-order chi connectivity index (χ0) is 15.0. The van der Waals surface area contributed by atoms with Crippen LogP contribution in [0, 0.1) is 10.1 Å². The first-order valence-corrected chi connectivity index (χ1v) is 6.29. The van der Waals surface area contributed by atoms with Crippen LogP contribution >= 0.6 is 0 Å². The van der Waals surface area contributed by atoms with Gasteiger partial charge in [-0.2, -0.15) is 0 Å². The molecular formula is C15H18N2O3. The predicted octanol–water partition coefficient (Wildman–Crippen LogP) is 3.65. The molecule has 20 heavy (non-hydrogen) atoms. The van der Waals surface area contributed by atoms with Crippen molar-refractivity contribution >= 4 is 17.5 Å². The summed E-state index contributed by atoms with van der Waals surface area (Å²) in [7, 11) is 1.41. The van der Waals surface area contributed by atoms with Crippen LogP contribution in [0.4, 0.5) is 5.69 Å². The minimum atomic E-state index is -0.470. The lowest BCUT2D eigenvalue weighted by Gasteiger charge is -2.05. The van der Waals surface area contributed by atoms with Crippen LogP contribution in [0.5, 0.6) is 5.75 Å². The van der Waals surface area contributed by atoms with E-state index in [9.17, 15) is 10.1 Å². The number of aliphatic imine (C=N–C) groups is 1. The summed E-state index contributed by atoms with van der Waals surface area (Å²) in [6.07, 6.45) is 6.20. The highest BCUT2D eigenvalue weighted by Crippen LogP contribution is 2.30. The highest BCUT2D eigenvalue weighted by Gasteiger charge is 2.15. The molecule has 0 saturated carbocycles. The van der Waals surface area contributed by atoms with Crippen molar-refractivity contribution in [3.8, 4) is 5.75 Å². The second-order valence-electron chi connectivity index (χ2n) is 4.03. The molecule has 0 aromatic heterocycles. The van der Waals surface area contributed by atoms with Crippen molar-refractivity contribution < 1.29 is 9.66 Å². The average Bonchev–Trinajstić information content (AvgIpc) is 2.46. The van der Waals surface area contributed by atoms with E-state index in [0.29, 0.717) is 0 Å².